The Hall–Kier alpha value is -2.81. The zero-order valence-electron chi connectivity index (χ0n) is 16.1. The largest absolute Gasteiger partial charge is 0.573 e. The number of amides is 2. The number of nitrogens with zero attached hydrogens (tertiary/aromatic N) is 2. The maximum absolute atomic E-state index is 13.3. The minimum absolute atomic E-state index is 0.0509. The van der Waals surface area contributed by atoms with Gasteiger partial charge in [0.05, 0.1) is 0 Å². The van der Waals surface area contributed by atoms with Crippen molar-refractivity contribution < 1.29 is 27.1 Å². The van der Waals surface area contributed by atoms with E-state index in [-0.39, 0.29) is 23.6 Å². The van der Waals surface area contributed by atoms with Crippen LogP contribution in [0.1, 0.15) is 11.1 Å². The quantitative estimate of drug-likeness (QED) is 0.745. The summed E-state index contributed by atoms with van der Waals surface area (Å²) in [5.74, 6) is -1.50. The van der Waals surface area contributed by atoms with E-state index < -0.39 is 17.9 Å². The molecule has 2 aromatic carbocycles. The molecular formula is C21H21F4N3O2. The van der Waals surface area contributed by atoms with Crippen LogP contribution in [0.25, 0.3) is 0 Å². The second kappa shape index (κ2) is 7.79. The van der Waals surface area contributed by atoms with E-state index in [1.807, 2.05) is 18.2 Å². The molecular weight excluding hydrogens is 402 g/mol. The number of benzene rings is 2. The first-order valence-electron chi connectivity index (χ1n) is 9.55. The number of halogens is 4. The third kappa shape index (κ3) is 4.67. The molecule has 0 radical (unpaired) electrons. The summed E-state index contributed by atoms with van der Waals surface area (Å²) in [5, 5.41) is 2.59. The highest BCUT2D eigenvalue weighted by Gasteiger charge is 2.52. The van der Waals surface area contributed by atoms with Gasteiger partial charge < -0.3 is 15.0 Å². The molecule has 0 atom stereocenters. The number of nitrogens with one attached hydrogen (secondary N) is 1. The average molecular weight is 423 g/mol. The topological polar surface area (TPSA) is 44.8 Å². The van der Waals surface area contributed by atoms with Gasteiger partial charge in [0.2, 0.25) is 0 Å². The van der Waals surface area contributed by atoms with Crippen molar-refractivity contribution in [2.24, 2.45) is 5.41 Å². The van der Waals surface area contributed by atoms with E-state index in [2.05, 4.69) is 27.1 Å². The molecule has 2 amide bonds. The Morgan fingerprint density at radius 2 is 1.77 bits per heavy atom. The summed E-state index contributed by atoms with van der Waals surface area (Å²) in [5.41, 5.74) is 1.40. The molecule has 2 heterocycles. The first kappa shape index (κ1) is 20.5. The molecule has 9 heteroatoms. The Bertz CT molecular complexity index is 906. The minimum Gasteiger partial charge on any atom is -0.405 e. The van der Waals surface area contributed by atoms with E-state index in [4.69, 9.17) is 0 Å². The summed E-state index contributed by atoms with van der Waals surface area (Å²) >= 11 is 0. The van der Waals surface area contributed by atoms with Crippen molar-refractivity contribution in [2.75, 3.05) is 26.2 Å². The summed E-state index contributed by atoms with van der Waals surface area (Å²) in [7, 11) is 0. The van der Waals surface area contributed by atoms with Crippen molar-refractivity contribution in [3.05, 3.63) is 65.5 Å². The number of hydrogen-bond acceptors (Lipinski definition) is 3. The predicted octanol–water partition coefficient (Wildman–Crippen LogP) is 3.75. The molecule has 160 valence electrons. The third-order valence-electron chi connectivity index (χ3n) is 5.39. The van der Waals surface area contributed by atoms with E-state index >= 15 is 0 Å². The number of alkyl halides is 3. The summed E-state index contributed by atoms with van der Waals surface area (Å²) in [6, 6.07) is 12.6. The Labute approximate surface area is 171 Å². The maximum atomic E-state index is 13.3. The zero-order chi connectivity index (χ0) is 21.4. The molecule has 2 fully saturated rings. The van der Waals surface area contributed by atoms with Gasteiger partial charge in [0.25, 0.3) is 0 Å². The van der Waals surface area contributed by atoms with E-state index in [0.717, 1.165) is 25.7 Å². The highest BCUT2D eigenvalue weighted by molar-refractivity contribution is 5.75. The normalized spacial score (nSPS) is 17.9. The lowest BCUT2D eigenvalue weighted by molar-refractivity contribution is -0.275. The highest BCUT2D eigenvalue weighted by Crippen LogP contribution is 2.40. The van der Waals surface area contributed by atoms with Gasteiger partial charge in [-0.3, -0.25) is 4.90 Å². The van der Waals surface area contributed by atoms with Crippen molar-refractivity contribution in [3.8, 4) is 5.75 Å². The fraction of sp³-hybridized carbons (Fsp3) is 0.381. The molecule has 4 rings (SSSR count). The molecule has 1 N–H and O–H groups in total. The van der Waals surface area contributed by atoms with Gasteiger partial charge in [0.1, 0.15) is 11.6 Å². The fourth-order valence-electron chi connectivity index (χ4n) is 4.14. The number of rotatable bonds is 5. The predicted molar refractivity (Wildman–Crippen MR) is 101 cm³/mol. The zero-order valence-corrected chi connectivity index (χ0v) is 16.1. The molecule has 0 aliphatic carbocycles. The lowest BCUT2D eigenvalue weighted by Crippen LogP contribution is -2.73. The van der Waals surface area contributed by atoms with E-state index in [0.29, 0.717) is 19.2 Å². The van der Waals surface area contributed by atoms with Crippen LogP contribution >= 0.6 is 0 Å². The van der Waals surface area contributed by atoms with Crippen LogP contribution in [0.2, 0.25) is 0 Å². The highest BCUT2D eigenvalue weighted by atomic mass is 19.4. The van der Waals surface area contributed by atoms with E-state index in [9.17, 15) is 22.4 Å². The molecule has 2 saturated heterocycles. The lowest BCUT2D eigenvalue weighted by Gasteiger charge is -2.60. The number of ether oxygens (including phenoxy) is 1. The van der Waals surface area contributed by atoms with Crippen LogP contribution in [0.3, 0.4) is 0 Å². The van der Waals surface area contributed by atoms with E-state index in [1.54, 1.807) is 4.90 Å². The van der Waals surface area contributed by atoms with Gasteiger partial charge in [-0.05, 0) is 11.6 Å². The lowest BCUT2D eigenvalue weighted by atomic mass is 9.73. The van der Waals surface area contributed by atoms with Gasteiger partial charge in [0, 0.05) is 56.3 Å². The molecule has 2 aliphatic heterocycles. The molecule has 2 aliphatic rings. The Kier molecular flexibility index (Phi) is 5.31. The SMILES string of the molecule is O=C(NCc1ccc(F)cc1OC(F)(F)F)N1CC2(CN(Cc3ccccc3)C2)C1. The van der Waals surface area contributed by atoms with E-state index in [1.165, 1.54) is 11.6 Å². The number of likely N-dealkylation sites (tertiary alicyclic amines) is 2. The first-order chi connectivity index (χ1) is 14.2. The summed E-state index contributed by atoms with van der Waals surface area (Å²) < 4.78 is 54.6. The molecule has 2 aromatic rings. The van der Waals surface area contributed by atoms with Crippen LogP contribution < -0.4 is 10.1 Å². The van der Waals surface area contributed by atoms with Gasteiger partial charge in [-0.15, -0.1) is 13.2 Å². The average Bonchev–Trinajstić information content (AvgIpc) is 2.61. The number of urea groups is 1. The second-order valence-corrected chi connectivity index (χ2v) is 7.95. The van der Waals surface area contributed by atoms with Crippen molar-refractivity contribution in [3.63, 3.8) is 0 Å². The first-order valence-corrected chi connectivity index (χ1v) is 9.55. The van der Waals surface area contributed by atoms with Gasteiger partial charge in [-0.25, -0.2) is 9.18 Å². The molecule has 5 nitrogen and oxygen atoms in total. The number of carbonyl (C=O) groups is 1. The standard InChI is InChI=1S/C21H21F4N3O2/c22-17-7-6-16(18(8-17)30-21(23,24)25)9-26-19(29)28-13-20(14-28)11-27(12-20)10-15-4-2-1-3-5-15/h1-8H,9-14H2,(H,26,29). The molecule has 1 spiro atoms. The van der Waals surface area contributed by atoms with Crippen LogP contribution in [-0.2, 0) is 13.1 Å². The fourth-order valence-corrected chi connectivity index (χ4v) is 4.14. The van der Waals surface area contributed by atoms with Crippen molar-refractivity contribution >= 4 is 6.03 Å². The summed E-state index contributed by atoms with van der Waals surface area (Å²) in [6.45, 7) is 3.73. The molecule has 0 unspecified atom stereocenters. The van der Waals surface area contributed by atoms with Crippen LogP contribution in [0.5, 0.6) is 5.75 Å². The van der Waals surface area contributed by atoms with Crippen LogP contribution in [0.15, 0.2) is 48.5 Å². The molecule has 0 aromatic heterocycles. The Balaban J connectivity index is 1.24. The monoisotopic (exact) mass is 423 g/mol. The smallest absolute Gasteiger partial charge is 0.405 e. The van der Waals surface area contributed by atoms with Crippen molar-refractivity contribution in [1.29, 1.82) is 0 Å². The van der Waals surface area contributed by atoms with Crippen LogP contribution in [0.4, 0.5) is 22.4 Å². The Morgan fingerprint density at radius 3 is 2.43 bits per heavy atom. The van der Waals surface area contributed by atoms with Crippen molar-refractivity contribution in [2.45, 2.75) is 19.5 Å². The Morgan fingerprint density at radius 1 is 1.07 bits per heavy atom. The van der Waals surface area contributed by atoms with Gasteiger partial charge in [-0.2, -0.15) is 0 Å². The summed E-state index contributed by atoms with van der Waals surface area (Å²) in [6.07, 6.45) is -4.94. The number of carbonyl (C=O) groups excluding carboxylic acids is 1. The van der Waals surface area contributed by atoms with Gasteiger partial charge in [0.15, 0.2) is 0 Å². The second-order valence-electron chi connectivity index (χ2n) is 7.95. The van der Waals surface area contributed by atoms with Gasteiger partial charge in [-0.1, -0.05) is 36.4 Å². The maximum Gasteiger partial charge on any atom is 0.573 e. The third-order valence-corrected chi connectivity index (χ3v) is 5.39. The van der Waals surface area contributed by atoms with Gasteiger partial charge >= 0.3 is 12.4 Å². The number of hydrogen-bond donors (Lipinski definition) is 1. The van der Waals surface area contributed by atoms with Crippen LogP contribution in [-0.4, -0.2) is 48.4 Å². The van der Waals surface area contributed by atoms with Crippen LogP contribution in [0, 0.1) is 11.2 Å². The van der Waals surface area contributed by atoms with Crippen molar-refractivity contribution in [1.82, 2.24) is 15.1 Å². The molecule has 0 bridgehead atoms. The minimum atomic E-state index is -4.94. The molecule has 0 saturated carbocycles. The summed E-state index contributed by atoms with van der Waals surface area (Å²) in [4.78, 5) is 16.3. The molecule has 30 heavy (non-hydrogen) atoms.